The van der Waals surface area contributed by atoms with E-state index in [-0.39, 0.29) is 5.91 Å². The third-order valence-corrected chi connectivity index (χ3v) is 8.76. The van der Waals surface area contributed by atoms with Crippen molar-refractivity contribution in [2.24, 2.45) is 0 Å². The van der Waals surface area contributed by atoms with Gasteiger partial charge in [-0.15, -0.1) is 11.3 Å². The summed E-state index contributed by atoms with van der Waals surface area (Å²) in [5.74, 6) is 0.463. The summed E-state index contributed by atoms with van der Waals surface area (Å²) in [5.41, 5.74) is 7.06. The number of hydrogen-bond acceptors (Lipinski definition) is 7. The number of nitrogens with one attached hydrogen (secondary N) is 2. The highest BCUT2D eigenvalue weighted by Crippen LogP contribution is 2.33. The predicted molar refractivity (Wildman–Crippen MR) is 177 cm³/mol. The van der Waals surface area contributed by atoms with Gasteiger partial charge in [-0.3, -0.25) is 9.20 Å². The van der Waals surface area contributed by atoms with Crippen molar-refractivity contribution in [1.82, 2.24) is 24.3 Å². The van der Waals surface area contributed by atoms with Crippen molar-refractivity contribution in [3.05, 3.63) is 113 Å². The van der Waals surface area contributed by atoms with Crippen molar-refractivity contribution < 1.29 is 4.79 Å². The van der Waals surface area contributed by atoms with Gasteiger partial charge in [-0.1, -0.05) is 36.4 Å². The van der Waals surface area contributed by atoms with Crippen molar-refractivity contribution in [3.63, 3.8) is 0 Å². The Kier molecular flexibility index (Phi) is 8.12. The van der Waals surface area contributed by atoms with Gasteiger partial charge in [-0.05, 0) is 91.8 Å². The van der Waals surface area contributed by atoms with Gasteiger partial charge in [0, 0.05) is 40.8 Å². The number of benzene rings is 2. The van der Waals surface area contributed by atoms with Gasteiger partial charge in [0.15, 0.2) is 0 Å². The highest BCUT2D eigenvalue weighted by molar-refractivity contribution is 7.10. The first-order chi connectivity index (χ1) is 21.7. The van der Waals surface area contributed by atoms with Crippen LogP contribution in [-0.4, -0.2) is 49.8 Å². The Labute approximate surface area is 260 Å². The maximum absolute atomic E-state index is 12.7. The first-order valence-corrected chi connectivity index (χ1v) is 15.9. The summed E-state index contributed by atoms with van der Waals surface area (Å²) in [4.78, 5) is 30.7. The minimum atomic E-state index is -0.0500. The molecule has 0 aliphatic carbocycles. The molecule has 1 aliphatic rings. The molecule has 5 heterocycles. The maximum Gasteiger partial charge on any atom is 0.229 e. The number of imidazole rings is 1. The second kappa shape index (κ2) is 12.8. The Bertz CT molecular complexity index is 1880. The Hall–Kier alpha value is -4.86. The summed E-state index contributed by atoms with van der Waals surface area (Å²) in [6.45, 7) is 3.56. The molecule has 0 atom stereocenters. The highest BCUT2D eigenvalue weighted by Gasteiger charge is 2.18. The monoisotopic (exact) mass is 599 g/mol. The molecule has 0 unspecified atom stereocenters. The van der Waals surface area contributed by atoms with Crippen LogP contribution in [0.1, 0.15) is 23.3 Å². The first kappa shape index (κ1) is 27.9. The van der Waals surface area contributed by atoms with Crippen LogP contribution in [0.3, 0.4) is 0 Å². The zero-order valence-corrected chi connectivity index (χ0v) is 25.1. The lowest BCUT2D eigenvalue weighted by molar-refractivity contribution is -0.115. The summed E-state index contributed by atoms with van der Waals surface area (Å²) in [6, 6.07) is 28.1. The molecule has 8 nitrogen and oxygen atoms in total. The second-order valence-electron chi connectivity index (χ2n) is 11.0. The minimum Gasteiger partial charge on any atom is -0.326 e. The quantitative estimate of drug-likeness (QED) is 0.175. The number of anilines is 3. The van der Waals surface area contributed by atoms with E-state index in [1.165, 1.54) is 31.5 Å². The van der Waals surface area contributed by atoms with Crippen LogP contribution in [0.15, 0.2) is 103 Å². The summed E-state index contributed by atoms with van der Waals surface area (Å²) < 4.78 is 2.04. The van der Waals surface area contributed by atoms with Crippen LogP contribution in [-0.2, 0) is 17.6 Å². The summed E-state index contributed by atoms with van der Waals surface area (Å²) in [7, 11) is 0. The largest absolute Gasteiger partial charge is 0.326 e. The molecular formula is C35H33N7OS. The molecule has 1 fully saturated rings. The number of thiophene rings is 1. The van der Waals surface area contributed by atoms with Crippen LogP contribution < -0.4 is 10.6 Å². The van der Waals surface area contributed by atoms with E-state index in [4.69, 9.17) is 9.97 Å². The number of carbonyl (C=O) groups excluding carboxylic acids is 1. The topological polar surface area (TPSA) is 87.5 Å². The Morgan fingerprint density at radius 1 is 0.886 bits per heavy atom. The second-order valence-corrected chi connectivity index (χ2v) is 12.0. The van der Waals surface area contributed by atoms with Gasteiger partial charge < -0.3 is 15.5 Å². The Balaban J connectivity index is 1.13. The normalized spacial score (nSPS) is 13.4. The standard InChI is InChI=1S/C35H33N7OS/c43-32(24-29-9-6-22-44-29)37-28-8-5-7-26(23-28)33-34(42-20-2-1-10-31(42)40-33)30-15-17-36-35(39-30)38-27-13-11-25(12-14-27)16-21-41-18-3-4-19-41/h1-2,5-15,17,20,22-23H,3-4,16,18-19,21,24H2,(H,37,43)(H,36,38,39). The van der Waals surface area contributed by atoms with Crippen molar-refractivity contribution in [1.29, 1.82) is 0 Å². The van der Waals surface area contributed by atoms with Gasteiger partial charge in [0.2, 0.25) is 11.9 Å². The van der Waals surface area contributed by atoms with E-state index in [1.54, 1.807) is 17.5 Å². The molecule has 9 heteroatoms. The molecule has 0 radical (unpaired) electrons. The van der Waals surface area contributed by atoms with Crippen LogP contribution >= 0.6 is 11.3 Å². The van der Waals surface area contributed by atoms with Crippen molar-refractivity contribution in [3.8, 4) is 22.6 Å². The number of fused-ring (bicyclic) bond motifs is 1. The SMILES string of the molecule is O=C(Cc1cccs1)Nc1cccc(-c2nc3ccccn3c2-c2ccnc(Nc3ccc(CCN4CCCC4)cc3)n2)c1. The van der Waals surface area contributed by atoms with E-state index in [9.17, 15) is 4.79 Å². The van der Waals surface area contributed by atoms with Crippen LogP contribution in [0.25, 0.3) is 28.3 Å². The number of carbonyl (C=O) groups is 1. The predicted octanol–water partition coefficient (Wildman–Crippen LogP) is 7.08. The number of nitrogens with zero attached hydrogens (tertiary/aromatic N) is 5. The molecule has 6 aromatic rings. The van der Waals surface area contributed by atoms with Crippen LogP contribution in [0.5, 0.6) is 0 Å². The van der Waals surface area contributed by atoms with E-state index >= 15 is 0 Å². The third kappa shape index (κ3) is 6.39. The lowest BCUT2D eigenvalue weighted by Crippen LogP contribution is -2.21. The van der Waals surface area contributed by atoms with Gasteiger partial charge in [0.05, 0.1) is 23.5 Å². The molecule has 1 amide bonds. The van der Waals surface area contributed by atoms with E-state index in [0.717, 1.165) is 57.5 Å². The number of hydrogen-bond donors (Lipinski definition) is 2. The third-order valence-electron chi connectivity index (χ3n) is 7.89. The molecule has 44 heavy (non-hydrogen) atoms. The smallest absolute Gasteiger partial charge is 0.229 e. The highest BCUT2D eigenvalue weighted by atomic mass is 32.1. The summed E-state index contributed by atoms with van der Waals surface area (Å²) >= 11 is 1.58. The number of likely N-dealkylation sites (tertiary alicyclic amines) is 1. The van der Waals surface area contributed by atoms with E-state index in [2.05, 4.69) is 44.8 Å². The van der Waals surface area contributed by atoms with Crippen molar-refractivity contribution in [2.75, 3.05) is 30.3 Å². The van der Waals surface area contributed by atoms with Crippen LogP contribution in [0.4, 0.5) is 17.3 Å². The number of aromatic nitrogens is 4. The molecule has 1 aliphatic heterocycles. The molecular weight excluding hydrogens is 567 g/mol. The lowest BCUT2D eigenvalue weighted by atomic mass is 10.1. The minimum absolute atomic E-state index is 0.0500. The average molecular weight is 600 g/mol. The van der Waals surface area contributed by atoms with Crippen molar-refractivity contribution >= 4 is 40.2 Å². The number of pyridine rings is 1. The maximum atomic E-state index is 12.7. The zero-order valence-electron chi connectivity index (χ0n) is 24.3. The molecule has 2 N–H and O–H groups in total. The molecule has 0 spiro atoms. The number of amides is 1. The molecule has 0 saturated carbocycles. The van der Waals surface area contributed by atoms with Gasteiger partial charge in [-0.2, -0.15) is 0 Å². The fourth-order valence-electron chi connectivity index (χ4n) is 5.69. The lowest BCUT2D eigenvalue weighted by Gasteiger charge is -2.14. The molecule has 1 saturated heterocycles. The van der Waals surface area contributed by atoms with Crippen LogP contribution in [0.2, 0.25) is 0 Å². The van der Waals surface area contributed by atoms with Crippen molar-refractivity contribution in [2.45, 2.75) is 25.7 Å². The molecule has 2 aromatic carbocycles. The molecule has 4 aromatic heterocycles. The zero-order chi connectivity index (χ0) is 29.7. The first-order valence-electron chi connectivity index (χ1n) is 15.0. The van der Waals surface area contributed by atoms with Gasteiger partial charge in [0.25, 0.3) is 0 Å². The summed E-state index contributed by atoms with van der Waals surface area (Å²) in [6.07, 6.45) is 7.80. The van der Waals surface area contributed by atoms with Crippen LogP contribution in [0, 0.1) is 0 Å². The van der Waals surface area contributed by atoms with Gasteiger partial charge in [0.1, 0.15) is 5.65 Å². The average Bonchev–Trinajstić information content (AvgIpc) is 3.83. The summed E-state index contributed by atoms with van der Waals surface area (Å²) in [5, 5.41) is 8.40. The van der Waals surface area contributed by atoms with E-state index in [1.807, 2.05) is 76.6 Å². The van der Waals surface area contributed by atoms with Gasteiger partial charge in [-0.25, -0.2) is 15.0 Å². The Morgan fingerprint density at radius 3 is 2.61 bits per heavy atom. The molecule has 7 rings (SSSR count). The molecule has 220 valence electrons. The van der Waals surface area contributed by atoms with Gasteiger partial charge >= 0.3 is 0 Å². The van der Waals surface area contributed by atoms with E-state index < -0.39 is 0 Å². The Morgan fingerprint density at radius 2 is 1.77 bits per heavy atom. The van der Waals surface area contributed by atoms with E-state index in [0.29, 0.717) is 12.4 Å². The molecule has 0 bridgehead atoms. The number of rotatable bonds is 10. The fourth-order valence-corrected chi connectivity index (χ4v) is 6.39. The fraction of sp³-hybridized carbons (Fsp3) is 0.200.